The molecule has 0 fully saturated rings. The third kappa shape index (κ3) is 2.23. The molecule has 1 rings (SSSR count). The van der Waals surface area contributed by atoms with Gasteiger partial charge in [-0.15, -0.1) is 0 Å². The molecule has 0 bridgehead atoms. The van der Waals surface area contributed by atoms with Gasteiger partial charge >= 0.3 is 0 Å². The van der Waals surface area contributed by atoms with E-state index in [1.54, 1.807) is 7.11 Å². The Morgan fingerprint density at radius 3 is 2.77 bits per heavy atom. The lowest BCUT2D eigenvalue weighted by atomic mass is 10.0. The summed E-state index contributed by atoms with van der Waals surface area (Å²) in [6.45, 7) is 1.95. The summed E-state index contributed by atoms with van der Waals surface area (Å²) in [6.07, 6.45) is 0. The predicted molar refractivity (Wildman–Crippen MR) is 55.8 cm³/mol. The summed E-state index contributed by atoms with van der Waals surface area (Å²) in [5.74, 6) is 1.70. The number of hydrogen-bond acceptors (Lipinski definition) is 2. The molecule has 0 saturated heterocycles. The number of hydrogen-bond donors (Lipinski definition) is 1. The number of rotatable bonds is 3. The van der Waals surface area contributed by atoms with Crippen molar-refractivity contribution in [2.75, 3.05) is 13.7 Å². The van der Waals surface area contributed by atoms with Gasteiger partial charge in [0.25, 0.3) is 0 Å². The van der Waals surface area contributed by atoms with Crippen molar-refractivity contribution in [2.45, 2.75) is 6.92 Å². The van der Waals surface area contributed by atoms with Crippen LogP contribution in [-0.2, 0) is 0 Å². The molecule has 0 saturated carbocycles. The lowest BCUT2D eigenvalue weighted by Crippen LogP contribution is -2.01. The van der Waals surface area contributed by atoms with E-state index in [1.807, 2.05) is 25.1 Å². The molecule has 1 radical (unpaired) electrons. The van der Waals surface area contributed by atoms with Gasteiger partial charge in [0.05, 0.1) is 18.2 Å². The number of aliphatic hydroxyl groups is 1. The van der Waals surface area contributed by atoms with Gasteiger partial charge in [0.15, 0.2) is 0 Å². The minimum absolute atomic E-state index is 0.0613. The second-order valence-corrected chi connectivity index (χ2v) is 3.55. The topological polar surface area (TPSA) is 29.5 Å². The van der Waals surface area contributed by atoms with Crippen LogP contribution in [0.25, 0.3) is 0 Å². The molecule has 0 aliphatic carbocycles. The Labute approximate surface area is 86.7 Å². The average molecular weight is 244 g/mol. The van der Waals surface area contributed by atoms with Gasteiger partial charge in [0.1, 0.15) is 5.75 Å². The first-order chi connectivity index (χ1) is 6.20. The number of benzene rings is 1. The average Bonchev–Trinajstić information content (AvgIpc) is 2.17. The van der Waals surface area contributed by atoms with Crippen molar-refractivity contribution in [3.63, 3.8) is 0 Å². The van der Waals surface area contributed by atoms with E-state index in [9.17, 15) is 0 Å². The zero-order chi connectivity index (χ0) is 9.84. The highest BCUT2D eigenvalue weighted by molar-refractivity contribution is 9.10. The molecule has 0 heterocycles. The van der Waals surface area contributed by atoms with Gasteiger partial charge < -0.3 is 9.84 Å². The molecule has 1 aromatic rings. The third-order valence-electron chi connectivity index (χ3n) is 1.88. The SMILES string of the molecule is COc1cccc([C](C)CO)c1Br. The monoisotopic (exact) mass is 243 g/mol. The fourth-order valence-corrected chi connectivity index (χ4v) is 1.85. The van der Waals surface area contributed by atoms with E-state index in [0.29, 0.717) is 0 Å². The Balaban J connectivity index is 3.08. The lowest BCUT2D eigenvalue weighted by molar-refractivity contribution is 0.314. The van der Waals surface area contributed by atoms with Crippen LogP contribution in [0.1, 0.15) is 12.5 Å². The normalized spacial score (nSPS) is 10.5. The minimum atomic E-state index is 0.0613. The van der Waals surface area contributed by atoms with Crippen molar-refractivity contribution < 1.29 is 9.84 Å². The second-order valence-electron chi connectivity index (χ2n) is 2.76. The summed E-state index contributed by atoms with van der Waals surface area (Å²) < 4.78 is 6.03. The van der Waals surface area contributed by atoms with E-state index >= 15 is 0 Å². The summed E-state index contributed by atoms with van der Waals surface area (Å²) in [5.41, 5.74) is 0.988. The maximum absolute atomic E-state index is 8.98. The zero-order valence-electron chi connectivity index (χ0n) is 7.67. The first-order valence-corrected chi connectivity index (χ1v) is 4.76. The molecule has 0 amide bonds. The molecule has 71 valence electrons. The second kappa shape index (κ2) is 4.63. The third-order valence-corrected chi connectivity index (χ3v) is 2.70. The van der Waals surface area contributed by atoms with Crippen molar-refractivity contribution >= 4 is 15.9 Å². The van der Waals surface area contributed by atoms with E-state index in [4.69, 9.17) is 9.84 Å². The van der Waals surface area contributed by atoms with E-state index in [1.165, 1.54) is 0 Å². The number of halogens is 1. The molecule has 1 N–H and O–H groups in total. The van der Waals surface area contributed by atoms with E-state index in [-0.39, 0.29) is 6.61 Å². The van der Waals surface area contributed by atoms with Gasteiger partial charge in [0, 0.05) is 5.92 Å². The van der Waals surface area contributed by atoms with Crippen molar-refractivity contribution in [1.82, 2.24) is 0 Å². The van der Waals surface area contributed by atoms with Crippen LogP contribution in [-0.4, -0.2) is 18.8 Å². The molecule has 1 aromatic carbocycles. The molecule has 0 aliphatic rings. The number of ether oxygens (including phenoxy) is 1. The molecule has 0 aromatic heterocycles. The van der Waals surface area contributed by atoms with Crippen LogP contribution < -0.4 is 4.74 Å². The van der Waals surface area contributed by atoms with E-state index in [2.05, 4.69) is 15.9 Å². The highest BCUT2D eigenvalue weighted by Gasteiger charge is 2.11. The fraction of sp³-hybridized carbons (Fsp3) is 0.300. The van der Waals surface area contributed by atoms with Gasteiger partial charge in [-0.25, -0.2) is 0 Å². The maximum Gasteiger partial charge on any atom is 0.133 e. The summed E-state index contributed by atoms with van der Waals surface area (Å²) in [5, 5.41) is 8.98. The first kappa shape index (κ1) is 10.5. The van der Waals surface area contributed by atoms with Crippen molar-refractivity contribution in [3.05, 3.63) is 34.2 Å². The van der Waals surface area contributed by atoms with Crippen LogP contribution in [0.4, 0.5) is 0 Å². The standard InChI is InChI=1S/C10H12BrO2/c1-7(6-12)8-4-3-5-9(13-2)10(8)11/h3-5,12H,6H2,1-2H3. The Kier molecular flexibility index (Phi) is 3.75. The maximum atomic E-state index is 8.98. The summed E-state index contributed by atoms with van der Waals surface area (Å²) in [7, 11) is 1.62. The molecule has 3 heteroatoms. The van der Waals surface area contributed by atoms with Crippen LogP contribution in [0.15, 0.2) is 22.7 Å². The quantitative estimate of drug-likeness (QED) is 0.884. The van der Waals surface area contributed by atoms with Gasteiger partial charge in [-0.1, -0.05) is 19.1 Å². The summed E-state index contributed by atoms with van der Waals surface area (Å²) in [6, 6.07) is 5.72. The molecular formula is C10H12BrO2. The Morgan fingerprint density at radius 1 is 1.54 bits per heavy atom. The van der Waals surface area contributed by atoms with Crippen LogP contribution in [0.5, 0.6) is 5.75 Å². The highest BCUT2D eigenvalue weighted by Crippen LogP contribution is 2.32. The largest absolute Gasteiger partial charge is 0.496 e. The Morgan fingerprint density at radius 2 is 2.23 bits per heavy atom. The molecular weight excluding hydrogens is 232 g/mol. The molecule has 0 spiro atoms. The van der Waals surface area contributed by atoms with Gasteiger partial charge in [0.2, 0.25) is 0 Å². The molecule has 13 heavy (non-hydrogen) atoms. The van der Waals surface area contributed by atoms with Crippen LogP contribution >= 0.6 is 15.9 Å². The van der Waals surface area contributed by atoms with Crippen molar-refractivity contribution in [1.29, 1.82) is 0 Å². The van der Waals surface area contributed by atoms with Crippen LogP contribution in [0.3, 0.4) is 0 Å². The first-order valence-electron chi connectivity index (χ1n) is 3.97. The minimum Gasteiger partial charge on any atom is -0.496 e. The van der Waals surface area contributed by atoms with Crippen molar-refractivity contribution in [2.24, 2.45) is 0 Å². The van der Waals surface area contributed by atoms with Gasteiger partial charge in [-0.3, -0.25) is 0 Å². The summed E-state index contributed by atoms with van der Waals surface area (Å²) >= 11 is 3.43. The van der Waals surface area contributed by atoms with E-state index in [0.717, 1.165) is 21.7 Å². The Bertz CT molecular complexity index is 286. The lowest BCUT2D eigenvalue weighted by Gasteiger charge is -2.12. The van der Waals surface area contributed by atoms with Crippen LogP contribution in [0.2, 0.25) is 0 Å². The predicted octanol–water partition coefficient (Wildman–Crippen LogP) is 2.39. The van der Waals surface area contributed by atoms with Gasteiger partial charge in [-0.05, 0) is 27.6 Å². The zero-order valence-corrected chi connectivity index (χ0v) is 9.26. The number of methoxy groups -OCH3 is 1. The highest BCUT2D eigenvalue weighted by atomic mass is 79.9. The van der Waals surface area contributed by atoms with Gasteiger partial charge in [-0.2, -0.15) is 0 Å². The molecule has 0 unspecified atom stereocenters. The molecule has 2 nitrogen and oxygen atoms in total. The fourth-order valence-electron chi connectivity index (χ4n) is 1.08. The molecule has 0 aliphatic heterocycles. The van der Waals surface area contributed by atoms with E-state index < -0.39 is 0 Å². The summed E-state index contributed by atoms with van der Waals surface area (Å²) in [4.78, 5) is 0. The number of aliphatic hydroxyl groups excluding tert-OH is 1. The van der Waals surface area contributed by atoms with Crippen LogP contribution in [0, 0.1) is 5.92 Å². The Hall–Kier alpha value is -0.540. The van der Waals surface area contributed by atoms with Crippen molar-refractivity contribution in [3.8, 4) is 5.75 Å². The molecule has 0 atom stereocenters. The smallest absolute Gasteiger partial charge is 0.133 e.